The summed E-state index contributed by atoms with van der Waals surface area (Å²) in [5, 5.41) is 0. The van der Waals surface area contributed by atoms with Crippen molar-refractivity contribution in [2.45, 2.75) is 88.5 Å². The molecular formula is C37H56. The molecule has 0 N–H and O–H groups in total. The summed E-state index contributed by atoms with van der Waals surface area (Å²) >= 11 is 0. The lowest BCUT2D eigenvalue weighted by Gasteiger charge is -2.33. The summed E-state index contributed by atoms with van der Waals surface area (Å²) < 4.78 is 0. The monoisotopic (exact) mass is 500 g/mol. The summed E-state index contributed by atoms with van der Waals surface area (Å²) in [7, 11) is 0. The van der Waals surface area contributed by atoms with E-state index in [1.165, 1.54) is 27.8 Å². The van der Waals surface area contributed by atoms with Crippen LogP contribution in [0.3, 0.4) is 0 Å². The minimum absolute atomic E-state index is 0.423. The van der Waals surface area contributed by atoms with Crippen LogP contribution in [0, 0.1) is 0 Å². The lowest BCUT2D eigenvalue weighted by atomic mass is 9.67. The van der Waals surface area contributed by atoms with Crippen LogP contribution in [0.4, 0.5) is 0 Å². The van der Waals surface area contributed by atoms with Gasteiger partial charge in [-0.25, -0.2) is 0 Å². The molecule has 1 atom stereocenters. The summed E-state index contributed by atoms with van der Waals surface area (Å²) in [6.45, 7) is 40.6. The number of rotatable bonds is 6. The predicted octanol–water partition coefficient (Wildman–Crippen LogP) is 12.3. The molecule has 1 aromatic rings. The second kappa shape index (κ2) is 22.1. The molecule has 2 aliphatic carbocycles. The summed E-state index contributed by atoms with van der Waals surface area (Å²) in [5.74, 6) is 0. The van der Waals surface area contributed by atoms with Crippen molar-refractivity contribution in [1.82, 2.24) is 0 Å². The van der Waals surface area contributed by atoms with Crippen LogP contribution < -0.4 is 0 Å². The Hall–Kier alpha value is -3.12. The van der Waals surface area contributed by atoms with Gasteiger partial charge in [0.05, 0.1) is 5.41 Å². The molecule has 0 heteroatoms. The van der Waals surface area contributed by atoms with Gasteiger partial charge in [-0.2, -0.15) is 0 Å². The molecule has 0 heterocycles. The van der Waals surface area contributed by atoms with Gasteiger partial charge in [0, 0.05) is 0 Å². The van der Waals surface area contributed by atoms with Gasteiger partial charge in [-0.1, -0.05) is 168 Å². The molecule has 3 rings (SSSR count). The number of hydrogen-bond acceptors (Lipinski definition) is 0. The SMILES string of the molecule is C=CC1=C(C=C)C2(C(/C=C\C)=C1C=C)C(/C=C\C)=C(C=C)c1ccccc12.CC.CC.CC.CC.CC. The first-order valence-corrected chi connectivity index (χ1v) is 14.3. The first-order chi connectivity index (χ1) is 18.2. The highest BCUT2D eigenvalue weighted by Gasteiger charge is 2.51. The molecule has 0 fully saturated rings. The number of allylic oxidation sites excluding steroid dienone is 14. The Labute approximate surface area is 232 Å². The zero-order chi connectivity index (χ0) is 29.6. The maximum atomic E-state index is 4.18. The molecule has 1 unspecified atom stereocenters. The van der Waals surface area contributed by atoms with E-state index in [9.17, 15) is 0 Å². The molecule has 0 nitrogen and oxygen atoms in total. The van der Waals surface area contributed by atoms with Crippen LogP contribution in [0.5, 0.6) is 0 Å². The van der Waals surface area contributed by atoms with E-state index in [1.54, 1.807) is 0 Å². The van der Waals surface area contributed by atoms with Gasteiger partial charge in [-0.15, -0.1) is 0 Å². The topological polar surface area (TPSA) is 0 Å². The van der Waals surface area contributed by atoms with Crippen molar-refractivity contribution >= 4 is 5.57 Å². The Morgan fingerprint density at radius 2 is 0.892 bits per heavy atom. The van der Waals surface area contributed by atoms with Gasteiger partial charge in [-0.3, -0.25) is 0 Å². The Balaban J connectivity index is -0.00000103. The summed E-state index contributed by atoms with van der Waals surface area (Å²) in [5.41, 5.74) is 9.01. The van der Waals surface area contributed by atoms with Gasteiger partial charge in [0.25, 0.3) is 0 Å². The largest absolute Gasteiger partial charge is 0.0987 e. The predicted molar refractivity (Wildman–Crippen MR) is 176 cm³/mol. The minimum atomic E-state index is -0.423. The van der Waals surface area contributed by atoms with E-state index in [0.29, 0.717) is 0 Å². The summed E-state index contributed by atoms with van der Waals surface area (Å²) in [6, 6.07) is 8.59. The van der Waals surface area contributed by atoms with Crippen LogP contribution in [-0.4, -0.2) is 0 Å². The third-order valence-corrected chi connectivity index (χ3v) is 5.48. The van der Waals surface area contributed by atoms with Crippen molar-refractivity contribution in [1.29, 1.82) is 0 Å². The van der Waals surface area contributed by atoms with Crippen LogP contribution in [0.1, 0.15) is 94.2 Å². The smallest absolute Gasteiger partial charge is 0.0725 e. The first kappa shape index (κ1) is 38.4. The Kier molecular flexibility index (Phi) is 22.9. The number of benzene rings is 1. The molecule has 0 amide bonds. The quantitative estimate of drug-likeness (QED) is 0.364. The van der Waals surface area contributed by atoms with E-state index >= 15 is 0 Å². The minimum Gasteiger partial charge on any atom is -0.0987 e. The Morgan fingerprint density at radius 1 is 0.514 bits per heavy atom. The highest BCUT2D eigenvalue weighted by atomic mass is 14.5. The molecule has 0 saturated carbocycles. The molecule has 0 aliphatic heterocycles. The Bertz CT molecular complexity index is 998. The molecule has 1 aromatic carbocycles. The second-order valence-corrected chi connectivity index (χ2v) is 6.59. The third kappa shape index (κ3) is 7.22. The molecule has 2 aliphatic rings. The number of fused-ring (bicyclic) bond motifs is 2. The highest BCUT2D eigenvalue weighted by molar-refractivity contribution is 5.94. The molecule has 1 spiro atoms. The van der Waals surface area contributed by atoms with E-state index in [0.717, 1.165) is 16.7 Å². The molecule has 204 valence electrons. The van der Waals surface area contributed by atoms with Crippen molar-refractivity contribution in [3.8, 4) is 0 Å². The van der Waals surface area contributed by atoms with Crippen LogP contribution in [0.15, 0.2) is 127 Å². The van der Waals surface area contributed by atoms with E-state index in [4.69, 9.17) is 0 Å². The lowest BCUT2D eigenvalue weighted by Crippen LogP contribution is -2.28. The van der Waals surface area contributed by atoms with Gasteiger partial charge in [0.15, 0.2) is 0 Å². The van der Waals surface area contributed by atoms with E-state index in [1.807, 2.05) is 93.5 Å². The fourth-order valence-corrected chi connectivity index (χ4v) is 4.64. The van der Waals surface area contributed by atoms with Gasteiger partial charge in [0.2, 0.25) is 0 Å². The molecule has 0 radical (unpaired) electrons. The first-order valence-electron chi connectivity index (χ1n) is 14.3. The molecule has 0 aromatic heterocycles. The maximum absolute atomic E-state index is 4.18. The van der Waals surface area contributed by atoms with Gasteiger partial charge >= 0.3 is 0 Å². The molecule has 0 saturated heterocycles. The second-order valence-electron chi connectivity index (χ2n) is 6.59. The van der Waals surface area contributed by atoms with Crippen LogP contribution >= 0.6 is 0 Å². The summed E-state index contributed by atoms with van der Waals surface area (Å²) in [6.07, 6.45) is 16.4. The van der Waals surface area contributed by atoms with Crippen LogP contribution in [0.25, 0.3) is 5.57 Å². The van der Waals surface area contributed by atoms with Crippen LogP contribution in [0.2, 0.25) is 0 Å². The standard InChI is InChI=1S/C27H26.5C2H6/c1-7-15-24-20(10-4)19(9-3)23(12-6)27(24)25(16-8-2)21(11-5)22-17-13-14-18-26(22)27;5*1-2/h7-18H,3-6H2,1-2H3;5*1-2H3/b15-7-,16-8-;;;;;. The van der Waals surface area contributed by atoms with E-state index < -0.39 is 5.41 Å². The lowest BCUT2D eigenvalue weighted by molar-refractivity contribution is 0.772. The van der Waals surface area contributed by atoms with Crippen molar-refractivity contribution in [2.75, 3.05) is 0 Å². The zero-order valence-electron chi connectivity index (χ0n) is 26.3. The average Bonchev–Trinajstić information content (AvgIpc) is 3.43. The molecule has 0 bridgehead atoms. The normalized spacial score (nSPS) is 16.6. The molecular weight excluding hydrogens is 444 g/mol. The zero-order valence-corrected chi connectivity index (χ0v) is 26.3. The van der Waals surface area contributed by atoms with Crippen molar-refractivity contribution in [2.24, 2.45) is 0 Å². The molecule has 37 heavy (non-hydrogen) atoms. The maximum Gasteiger partial charge on any atom is 0.0725 e. The fraction of sp³-hybridized carbons (Fsp3) is 0.351. The van der Waals surface area contributed by atoms with E-state index in [-0.39, 0.29) is 0 Å². The van der Waals surface area contributed by atoms with Gasteiger partial charge in [-0.05, 0) is 58.4 Å². The van der Waals surface area contributed by atoms with E-state index in [2.05, 4.69) is 88.7 Å². The highest BCUT2D eigenvalue weighted by Crippen LogP contribution is 2.61. The average molecular weight is 501 g/mol. The van der Waals surface area contributed by atoms with Gasteiger partial charge < -0.3 is 0 Å². The van der Waals surface area contributed by atoms with Crippen molar-refractivity contribution in [3.05, 3.63) is 138 Å². The van der Waals surface area contributed by atoms with Crippen LogP contribution in [-0.2, 0) is 5.41 Å². The fourth-order valence-electron chi connectivity index (χ4n) is 4.64. The number of hydrogen-bond donors (Lipinski definition) is 0. The third-order valence-electron chi connectivity index (χ3n) is 5.48. The van der Waals surface area contributed by atoms with Crippen molar-refractivity contribution in [3.63, 3.8) is 0 Å². The summed E-state index contributed by atoms with van der Waals surface area (Å²) in [4.78, 5) is 0. The van der Waals surface area contributed by atoms with Crippen molar-refractivity contribution < 1.29 is 0 Å². The Morgan fingerprint density at radius 3 is 1.27 bits per heavy atom. The van der Waals surface area contributed by atoms with Gasteiger partial charge in [0.1, 0.15) is 0 Å².